The van der Waals surface area contributed by atoms with Crippen molar-refractivity contribution in [1.29, 1.82) is 0 Å². The maximum Gasteiger partial charge on any atom is 0.453 e. The van der Waals surface area contributed by atoms with Crippen molar-refractivity contribution in [1.82, 2.24) is 19.8 Å². The van der Waals surface area contributed by atoms with Crippen LogP contribution >= 0.6 is 0 Å². The Labute approximate surface area is 119 Å². The zero-order valence-corrected chi connectivity index (χ0v) is 11.8. The Balaban J connectivity index is 2.00. The van der Waals surface area contributed by atoms with E-state index < -0.39 is 12.0 Å². The van der Waals surface area contributed by atoms with Crippen LogP contribution in [0.25, 0.3) is 5.65 Å². The van der Waals surface area contributed by atoms with Crippen LogP contribution in [0.15, 0.2) is 12.1 Å². The average Bonchev–Trinajstić information content (AvgIpc) is 2.81. The number of hydrogen-bond donors (Lipinski definition) is 0. The predicted octanol–water partition coefficient (Wildman–Crippen LogP) is 2.77. The molecule has 2 aromatic rings. The van der Waals surface area contributed by atoms with E-state index in [1.807, 2.05) is 4.90 Å². The molecule has 5 nitrogen and oxygen atoms in total. The lowest BCUT2D eigenvalue weighted by Gasteiger charge is -2.37. The van der Waals surface area contributed by atoms with E-state index in [9.17, 15) is 13.2 Å². The second-order valence-electron chi connectivity index (χ2n) is 5.65. The first-order chi connectivity index (χ1) is 9.86. The lowest BCUT2D eigenvalue weighted by atomic mass is 9.93. The number of fused-ring (bicyclic) bond motifs is 1. The van der Waals surface area contributed by atoms with E-state index in [0.29, 0.717) is 11.7 Å². The highest BCUT2D eigenvalue weighted by molar-refractivity contribution is 5.46. The van der Waals surface area contributed by atoms with Gasteiger partial charge in [-0.3, -0.25) is 0 Å². The third-order valence-corrected chi connectivity index (χ3v) is 3.93. The van der Waals surface area contributed by atoms with Crippen molar-refractivity contribution in [2.24, 2.45) is 5.92 Å². The Morgan fingerprint density at radius 3 is 2.62 bits per heavy atom. The van der Waals surface area contributed by atoms with Crippen LogP contribution in [-0.4, -0.2) is 32.4 Å². The molecular formula is C13H16F3N5. The number of nitrogens with zero attached hydrogens (tertiary/aromatic N) is 5. The third kappa shape index (κ3) is 2.54. The van der Waals surface area contributed by atoms with Crippen molar-refractivity contribution in [2.45, 2.75) is 38.9 Å². The summed E-state index contributed by atoms with van der Waals surface area (Å²) >= 11 is 0. The van der Waals surface area contributed by atoms with Crippen LogP contribution in [0, 0.1) is 5.92 Å². The van der Waals surface area contributed by atoms with E-state index in [1.165, 1.54) is 6.07 Å². The molecule has 114 valence electrons. The van der Waals surface area contributed by atoms with E-state index in [0.717, 1.165) is 23.9 Å². The highest BCUT2D eigenvalue weighted by Gasteiger charge is 2.38. The lowest BCUT2D eigenvalue weighted by Crippen LogP contribution is -2.41. The zero-order chi connectivity index (χ0) is 15.2. The van der Waals surface area contributed by atoms with Crippen molar-refractivity contribution in [3.8, 4) is 0 Å². The Morgan fingerprint density at radius 2 is 1.95 bits per heavy atom. The molecule has 0 unspecified atom stereocenters. The molecule has 1 saturated heterocycles. The SMILES string of the molecule is C[C@@H]1CCN(c2ccc3nnc(C(F)(F)F)n3n2)[C@@H](C)C1. The first-order valence-corrected chi connectivity index (χ1v) is 6.92. The van der Waals surface area contributed by atoms with Crippen molar-refractivity contribution in [2.75, 3.05) is 11.4 Å². The van der Waals surface area contributed by atoms with Crippen molar-refractivity contribution >= 4 is 11.5 Å². The van der Waals surface area contributed by atoms with E-state index in [4.69, 9.17) is 0 Å². The maximum atomic E-state index is 12.9. The highest BCUT2D eigenvalue weighted by Crippen LogP contribution is 2.29. The van der Waals surface area contributed by atoms with Crippen molar-refractivity contribution in [3.63, 3.8) is 0 Å². The summed E-state index contributed by atoms with van der Waals surface area (Å²) in [6, 6.07) is 3.48. The average molecular weight is 299 g/mol. The number of alkyl halides is 3. The van der Waals surface area contributed by atoms with Gasteiger partial charge >= 0.3 is 6.18 Å². The standard InChI is InChI=1S/C13H16F3N5/c1-8-5-6-20(9(2)7-8)11-4-3-10-17-18-12(13(14,15)16)21(10)19-11/h3-4,8-9H,5-7H2,1-2H3/t8-,9+/m1/s1. The number of anilines is 1. The third-order valence-electron chi connectivity index (χ3n) is 3.93. The van der Waals surface area contributed by atoms with Gasteiger partial charge in [0.05, 0.1) is 0 Å². The van der Waals surface area contributed by atoms with Gasteiger partial charge in [-0.2, -0.15) is 17.7 Å². The molecule has 1 fully saturated rings. The summed E-state index contributed by atoms with van der Waals surface area (Å²) in [5.74, 6) is 0.0743. The summed E-state index contributed by atoms with van der Waals surface area (Å²) in [6.07, 6.45) is -2.54. The van der Waals surface area contributed by atoms with Crippen molar-refractivity contribution < 1.29 is 13.2 Å². The summed E-state index contributed by atoms with van der Waals surface area (Å²) in [5, 5.41) is 10.8. The van der Waals surface area contributed by atoms with E-state index >= 15 is 0 Å². The normalized spacial score (nSPS) is 23.8. The van der Waals surface area contributed by atoms with E-state index in [-0.39, 0.29) is 11.7 Å². The molecule has 0 spiro atoms. The Bertz CT molecular complexity index is 651. The molecule has 3 rings (SSSR count). The van der Waals surface area contributed by atoms with Crippen molar-refractivity contribution in [3.05, 3.63) is 18.0 Å². The molecule has 1 aliphatic rings. The first-order valence-electron chi connectivity index (χ1n) is 6.92. The molecule has 0 N–H and O–H groups in total. The highest BCUT2D eigenvalue weighted by atomic mass is 19.4. The predicted molar refractivity (Wildman–Crippen MR) is 71.0 cm³/mol. The Kier molecular flexibility index (Phi) is 3.26. The fourth-order valence-electron chi connectivity index (χ4n) is 2.86. The second-order valence-corrected chi connectivity index (χ2v) is 5.65. The Morgan fingerprint density at radius 1 is 1.19 bits per heavy atom. The minimum atomic E-state index is -4.56. The smallest absolute Gasteiger partial charge is 0.352 e. The molecule has 0 bridgehead atoms. The summed E-state index contributed by atoms with van der Waals surface area (Å²) in [6.45, 7) is 5.05. The quantitative estimate of drug-likeness (QED) is 0.812. The van der Waals surface area contributed by atoms with E-state index in [2.05, 4.69) is 29.1 Å². The van der Waals surface area contributed by atoms with Crippen LogP contribution in [0.4, 0.5) is 19.0 Å². The minimum absolute atomic E-state index is 0.101. The molecular weight excluding hydrogens is 283 g/mol. The molecule has 1 aliphatic heterocycles. The summed E-state index contributed by atoms with van der Waals surface area (Å²) < 4.78 is 39.4. The maximum absolute atomic E-state index is 12.9. The summed E-state index contributed by atoms with van der Waals surface area (Å²) in [7, 11) is 0. The van der Waals surface area contributed by atoms with Gasteiger partial charge in [-0.1, -0.05) is 6.92 Å². The van der Waals surface area contributed by atoms with Gasteiger partial charge in [0.2, 0.25) is 0 Å². The molecule has 0 radical (unpaired) electrons. The first kappa shape index (κ1) is 14.1. The molecule has 0 aliphatic carbocycles. The van der Waals surface area contributed by atoms with Crippen LogP contribution in [0.1, 0.15) is 32.5 Å². The molecule has 21 heavy (non-hydrogen) atoms. The van der Waals surface area contributed by atoms with Gasteiger partial charge in [-0.15, -0.1) is 15.3 Å². The van der Waals surface area contributed by atoms with Crippen LogP contribution in [0.3, 0.4) is 0 Å². The zero-order valence-electron chi connectivity index (χ0n) is 11.8. The summed E-state index contributed by atoms with van der Waals surface area (Å²) in [4.78, 5) is 2.04. The van der Waals surface area contributed by atoms with Gasteiger partial charge in [0.1, 0.15) is 5.82 Å². The molecule has 0 aromatic carbocycles. The number of halogens is 3. The fraction of sp³-hybridized carbons (Fsp3) is 0.615. The van der Waals surface area contributed by atoms with Crippen LogP contribution < -0.4 is 4.90 Å². The molecule has 0 saturated carbocycles. The van der Waals surface area contributed by atoms with Gasteiger partial charge in [0.25, 0.3) is 5.82 Å². The second kappa shape index (κ2) is 4.85. The van der Waals surface area contributed by atoms with Crippen LogP contribution in [0.2, 0.25) is 0 Å². The fourth-order valence-corrected chi connectivity index (χ4v) is 2.86. The molecule has 8 heteroatoms. The molecule has 2 aromatic heterocycles. The largest absolute Gasteiger partial charge is 0.453 e. The molecule has 2 atom stereocenters. The lowest BCUT2D eigenvalue weighted by molar-refractivity contribution is -0.146. The minimum Gasteiger partial charge on any atom is -0.352 e. The molecule has 0 amide bonds. The van der Waals surface area contributed by atoms with Crippen LogP contribution in [0.5, 0.6) is 0 Å². The van der Waals surface area contributed by atoms with Gasteiger partial charge in [0.15, 0.2) is 5.65 Å². The van der Waals surface area contributed by atoms with Crippen LogP contribution in [-0.2, 0) is 6.18 Å². The number of piperidine rings is 1. The van der Waals surface area contributed by atoms with E-state index in [1.54, 1.807) is 6.07 Å². The number of hydrogen-bond acceptors (Lipinski definition) is 4. The molecule has 3 heterocycles. The van der Waals surface area contributed by atoms with Gasteiger partial charge < -0.3 is 4.90 Å². The monoisotopic (exact) mass is 299 g/mol. The Hall–Kier alpha value is -1.86. The topological polar surface area (TPSA) is 46.3 Å². The number of rotatable bonds is 1. The van der Waals surface area contributed by atoms with Gasteiger partial charge in [0, 0.05) is 12.6 Å². The number of aromatic nitrogens is 4. The van der Waals surface area contributed by atoms with Gasteiger partial charge in [-0.05, 0) is 37.8 Å². The van der Waals surface area contributed by atoms with Gasteiger partial charge in [-0.25, -0.2) is 0 Å². The summed E-state index contributed by atoms with van der Waals surface area (Å²) in [5.41, 5.74) is 0.101.